The van der Waals surface area contributed by atoms with Crippen LogP contribution in [0.4, 0.5) is 0 Å². The normalized spacial score (nSPS) is 16.1. The second-order valence-corrected chi connectivity index (χ2v) is 12.7. The average Bonchev–Trinajstić information content (AvgIpc) is 3.48. The van der Waals surface area contributed by atoms with Gasteiger partial charge in [0.2, 0.25) is 11.8 Å². The van der Waals surface area contributed by atoms with Crippen LogP contribution >= 0.6 is 0 Å². The fourth-order valence-corrected chi connectivity index (χ4v) is 6.81. The van der Waals surface area contributed by atoms with Gasteiger partial charge in [-0.2, -0.15) is 0 Å². The zero-order chi connectivity index (χ0) is 35.6. The molecule has 9 nitrogen and oxygen atoms in total. The van der Waals surface area contributed by atoms with Crippen molar-refractivity contribution < 1.29 is 33.7 Å². The fourth-order valence-electron chi connectivity index (χ4n) is 6.81. The first-order valence-corrected chi connectivity index (χ1v) is 17.6. The van der Waals surface area contributed by atoms with Crippen molar-refractivity contribution in [2.24, 2.45) is 0 Å². The highest BCUT2D eigenvalue weighted by molar-refractivity contribution is 6.05. The topological polar surface area (TPSA) is 114 Å². The number of hydrogen-bond donors (Lipinski definition) is 2. The largest absolute Gasteiger partial charge is 0.508 e. The number of nitrogens with zero attached hydrogens (tertiary/aromatic N) is 1. The predicted molar refractivity (Wildman–Crippen MR) is 195 cm³/mol. The van der Waals surface area contributed by atoms with Gasteiger partial charge in [-0.15, -0.1) is 0 Å². The lowest BCUT2D eigenvalue weighted by atomic mass is 9.88. The van der Waals surface area contributed by atoms with Crippen LogP contribution in [0.3, 0.4) is 0 Å². The van der Waals surface area contributed by atoms with Gasteiger partial charge in [0.25, 0.3) is 5.91 Å². The second kappa shape index (κ2) is 17.1. The quantitative estimate of drug-likeness (QED) is 0.0778. The van der Waals surface area contributed by atoms with Crippen LogP contribution in [0.15, 0.2) is 97.1 Å². The van der Waals surface area contributed by atoms with E-state index >= 15 is 0 Å². The molecule has 6 rings (SSSR count). The molecule has 2 aliphatic heterocycles. The number of amides is 3. The van der Waals surface area contributed by atoms with Crippen molar-refractivity contribution in [3.05, 3.63) is 130 Å². The zero-order valence-electron chi connectivity index (χ0n) is 28.9. The minimum atomic E-state index is -0.614. The van der Waals surface area contributed by atoms with E-state index in [0.29, 0.717) is 51.6 Å². The Hall–Kier alpha value is -5.25. The van der Waals surface area contributed by atoms with Gasteiger partial charge in [-0.05, 0) is 95.0 Å². The Kier molecular flexibility index (Phi) is 11.9. The van der Waals surface area contributed by atoms with Gasteiger partial charge in [-0.3, -0.25) is 19.7 Å². The lowest BCUT2D eigenvalue weighted by molar-refractivity contribution is -0.136. The molecule has 4 aromatic rings. The van der Waals surface area contributed by atoms with Crippen molar-refractivity contribution in [1.29, 1.82) is 0 Å². The van der Waals surface area contributed by atoms with Crippen LogP contribution < -0.4 is 10.1 Å². The van der Waals surface area contributed by atoms with E-state index < -0.39 is 11.9 Å². The Bertz CT molecular complexity index is 1850. The summed E-state index contributed by atoms with van der Waals surface area (Å²) in [5.41, 5.74) is 8.29. The number of phenols is 1. The Balaban J connectivity index is 0.917. The van der Waals surface area contributed by atoms with Crippen molar-refractivity contribution in [1.82, 2.24) is 10.2 Å². The molecule has 1 saturated heterocycles. The van der Waals surface area contributed by atoms with Gasteiger partial charge in [-0.1, -0.05) is 73.7 Å². The predicted octanol–water partition coefficient (Wildman–Crippen LogP) is 6.57. The molecule has 0 spiro atoms. The van der Waals surface area contributed by atoms with Gasteiger partial charge in [0.1, 0.15) is 24.1 Å². The van der Waals surface area contributed by atoms with Crippen LogP contribution in [0.2, 0.25) is 0 Å². The van der Waals surface area contributed by atoms with Gasteiger partial charge in [-0.25, -0.2) is 0 Å². The molecular formula is C42H44N2O7. The molecule has 0 aromatic heterocycles. The number of carbonyl (C=O) groups is 3. The molecule has 2 N–H and O–H groups in total. The standard InChI is InChI=1S/C42H44N2O7/c1-2-35(29-8-4-3-5-9-29)40(31-13-17-33(45)18-14-31)32-15-19-34(20-16-32)51-27-26-50-25-24-49-23-7-11-30-10-6-12-36-37(30)28-44(42(36)48)38-21-22-39(46)43-41(38)47/h3-6,8-10,12-20,38,45H,2,7,11,21-28H2,1H3,(H,43,46,47)/b40-35-. The lowest BCUT2D eigenvalue weighted by Crippen LogP contribution is -2.52. The summed E-state index contributed by atoms with van der Waals surface area (Å²) in [6.45, 7) is 4.87. The number of ether oxygens (including phenoxy) is 3. The third-order valence-electron chi connectivity index (χ3n) is 9.36. The molecular weight excluding hydrogens is 644 g/mol. The SMILES string of the molecule is CC/C(=C(\c1ccc(O)cc1)c1ccc(OCCOCCOCCCc2cccc3c2CN(C2CCC(=O)NC2=O)C3=O)cc1)c1ccccc1. The van der Waals surface area contributed by atoms with E-state index in [1.807, 2.05) is 60.7 Å². The number of allylic oxidation sites excluding steroid dienone is 1. The van der Waals surface area contributed by atoms with Crippen molar-refractivity contribution in [2.45, 2.75) is 51.6 Å². The van der Waals surface area contributed by atoms with E-state index in [1.54, 1.807) is 17.0 Å². The Labute approximate surface area is 298 Å². The molecule has 1 atom stereocenters. The highest BCUT2D eigenvalue weighted by Crippen LogP contribution is 2.36. The number of carbonyl (C=O) groups excluding carboxylic acids is 3. The summed E-state index contributed by atoms with van der Waals surface area (Å²) in [7, 11) is 0. The summed E-state index contributed by atoms with van der Waals surface area (Å²) in [6, 6.07) is 30.9. The number of fused-ring (bicyclic) bond motifs is 1. The number of nitrogens with one attached hydrogen (secondary N) is 1. The summed E-state index contributed by atoms with van der Waals surface area (Å²) in [5.74, 6) is 0.153. The molecule has 2 heterocycles. The summed E-state index contributed by atoms with van der Waals surface area (Å²) in [4.78, 5) is 38.6. The number of hydrogen-bond acceptors (Lipinski definition) is 7. The number of phenolic OH excluding ortho intramolecular Hbond substituents is 1. The number of imide groups is 1. The summed E-state index contributed by atoms with van der Waals surface area (Å²) >= 11 is 0. The molecule has 1 unspecified atom stereocenters. The Morgan fingerprint density at radius 3 is 2.18 bits per heavy atom. The maximum Gasteiger partial charge on any atom is 0.255 e. The van der Waals surface area contributed by atoms with Crippen LogP contribution in [0.5, 0.6) is 11.5 Å². The first-order valence-electron chi connectivity index (χ1n) is 17.6. The monoisotopic (exact) mass is 688 g/mol. The maximum atomic E-state index is 13.1. The van der Waals surface area contributed by atoms with E-state index in [9.17, 15) is 19.5 Å². The van der Waals surface area contributed by atoms with Gasteiger partial charge in [0, 0.05) is 25.1 Å². The zero-order valence-corrected chi connectivity index (χ0v) is 28.9. The van der Waals surface area contributed by atoms with Gasteiger partial charge >= 0.3 is 0 Å². The molecule has 3 amide bonds. The van der Waals surface area contributed by atoms with Gasteiger partial charge in [0.05, 0.1) is 19.8 Å². The number of aryl methyl sites for hydroxylation is 1. The van der Waals surface area contributed by atoms with E-state index in [1.165, 1.54) is 11.1 Å². The number of benzene rings is 4. The second-order valence-electron chi connectivity index (χ2n) is 12.7. The molecule has 0 aliphatic carbocycles. The molecule has 264 valence electrons. The lowest BCUT2D eigenvalue weighted by Gasteiger charge is -2.29. The molecule has 1 fully saturated rings. The minimum Gasteiger partial charge on any atom is -0.508 e. The van der Waals surface area contributed by atoms with Crippen molar-refractivity contribution in [2.75, 3.05) is 33.0 Å². The molecule has 51 heavy (non-hydrogen) atoms. The maximum absolute atomic E-state index is 13.1. The average molecular weight is 689 g/mol. The third kappa shape index (κ3) is 8.74. The van der Waals surface area contributed by atoms with E-state index in [-0.39, 0.29) is 24.0 Å². The smallest absolute Gasteiger partial charge is 0.255 e. The van der Waals surface area contributed by atoms with Crippen LogP contribution in [0.1, 0.15) is 70.8 Å². The molecule has 4 aromatic carbocycles. The van der Waals surface area contributed by atoms with Crippen molar-refractivity contribution in [3.8, 4) is 11.5 Å². The van der Waals surface area contributed by atoms with Crippen molar-refractivity contribution >= 4 is 28.9 Å². The van der Waals surface area contributed by atoms with Crippen LogP contribution in [-0.2, 0) is 32.0 Å². The van der Waals surface area contributed by atoms with E-state index in [2.05, 4.69) is 36.5 Å². The number of rotatable bonds is 16. The van der Waals surface area contributed by atoms with Crippen LogP contribution in [0.25, 0.3) is 11.1 Å². The van der Waals surface area contributed by atoms with Gasteiger partial charge in [0.15, 0.2) is 0 Å². The van der Waals surface area contributed by atoms with E-state index in [4.69, 9.17) is 14.2 Å². The molecule has 2 aliphatic rings. The number of aromatic hydroxyl groups is 1. The Morgan fingerprint density at radius 2 is 1.47 bits per heavy atom. The fraction of sp³-hybridized carbons (Fsp3) is 0.310. The summed E-state index contributed by atoms with van der Waals surface area (Å²) < 4.78 is 17.5. The first-order chi connectivity index (χ1) is 24.9. The van der Waals surface area contributed by atoms with Crippen LogP contribution in [-0.4, -0.2) is 66.8 Å². The first kappa shape index (κ1) is 35.6. The Morgan fingerprint density at radius 1 is 0.784 bits per heavy atom. The molecule has 9 heteroatoms. The molecule has 0 saturated carbocycles. The summed E-state index contributed by atoms with van der Waals surface area (Å²) in [6.07, 6.45) is 2.99. The highest BCUT2D eigenvalue weighted by Gasteiger charge is 2.39. The van der Waals surface area contributed by atoms with Crippen molar-refractivity contribution in [3.63, 3.8) is 0 Å². The molecule has 0 bridgehead atoms. The molecule has 0 radical (unpaired) electrons. The van der Waals surface area contributed by atoms with Gasteiger partial charge < -0.3 is 24.2 Å². The third-order valence-corrected chi connectivity index (χ3v) is 9.36. The minimum absolute atomic E-state index is 0.156. The highest BCUT2D eigenvalue weighted by atomic mass is 16.5. The number of piperidine rings is 1. The van der Waals surface area contributed by atoms with Crippen LogP contribution in [0, 0.1) is 0 Å². The summed E-state index contributed by atoms with van der Waals surface area (Å²) in [5, 5.41) is 12.2. The van der Waals surface area contributed by atoms with E-state index in [0.717, 1.165) is 52.8 Å².